The molecule has 1 fully saturated rings. The SMILES string of the molecule is c1ccc(-c2nc(CSCC3CNC3)co2)cc1. The van der Waals surface area contributed by atoms with E-state index in [1.165, 1.54) is 18.8 Å². The molecular weight excluding hydrogens is 244 g/mol. The Balaban J connectivity index is 1.56. The molecule has 0 unspecified atom stereocenters. The molecule has 18 heavy (non-hydrogen) atoms. The molecule has 0 saturated carbocycles. The van der Waals surface area contributed by atoms with Gasteiger partial charge in [-0.3, -0.25) is 0 Å². The second-order valence-electron chi connectivity index (χ2n) is 4.55. The van der Waals surface area contributed by atoms with Crippen LogP contribution in [0.2, 0.25) is 0 Å². The van der Waals surface area contributed by atoms with Crippen molar-refractivity contribution in [2.24, 2.45) is 5.92 Å². The average Bonchev–Trinajstić information content (AvgIpc) is 2.82. The molecule has 0 spiro atoms. The number of oxazole rings is 1. The maximum atomic E-state index is 5.51. The summed E-state index contributed by atoms with van der Waals surface area (Å²) in [6.45, 7) is 2.34. The van der Waals surface area contributed by atoms with Crippen molar-refractivity contribution in [3.05, 3.63) is 42.3 Å². The van der Waals surface area contributed by atoms with Crippen LogP contribution in [0.5, 0.6) is 0 Å². The number of hydrogen-bond acceptors (Lipinski definition) is 4. The molecule has 2 heterocycles. The van der Waals surface area contributed by atoms with Gasteiger partial charge < -0.3 is 9.73 Å². The summed E-state index contributed by atoms with van der Waals surface area (Å²) < 4.78 is 5.51. The quantitative estimate of drug-likeness (QED) is 0.897. The minimum Gasteiger partial charge on any atom is -0.444 e. The number of nitrogens with zero attached hydrogens (tertiary/aromatic N) is 1. The molecule has 1 aromatic carbocycles. The Hall–Kier alpha value is -1.26. The molecule has 1 N–H and O–H groups in total. The predicted octanol–water partition coefficient (Wildman–Crippen LogP) is 2.79. The minimum absolute atomic E-state index is 0.719. The van der Waals surface area contributed by atoms with E-state index >= 15 is 0 Å². The van der Waals surface area contributed by atoms with E-state index in [-0.39, 0.29) is 0 Å². The lowest BCUT2D eigenvalue weighted by Gasteiger charge is -2.26. The van der Waals surface area contributed by atoms with Crippen LogP contribution >= 0.6 is 11.8 Å². The van der Waals surface area contributed by atoms with Crippen molar-refractivity contribution in [2.45, 2.75) is 5.75 Å². The fourth-order valence-electron chi connectivity index (χ4n) is 1.88. The summed E-state index contributed by atoms with van der Waals surface area (Å²) in [7, 11) is 0. The van der Waals surface area contributed by atoms with Crippen molar-refractivity contribution >= 4 is 11.8 Å². The Labute approximate surface area is 111 Å². The Kier molecular flexibility index (Phi) is 3.67. The summed E-state index contributed by atoms with van der Waals surface area (Å²) in [5, 5.41) is 3.29. The van der Waals surface area contributed by atoms with Crippen LogP contribution in [0.25, 0.3) is 11.5 Å². The molecule has 0 aliphatic carbocycles. The molecule has 0 radical (unpaired) electrons. The summed E-state index contributed by atoms with van der Waals surface area (Å²) >= 11 is 1.94. The zero-order valence-corrected chi connectivity index (χ0v) is 11.0. The molecular formula is C14H16N2OS. The van der Waals surface area contributed by atoms with Gasteiger partial charge in [-0.2, -0.15) is 11.8 Å². The predicted molar refractivity (Wildman–Crippen MR) is 74.5 cm³/mol. The lowest BCUT2D eigenvalue weighted by molar-refractivity contribution is 0.385. The first-order valence-corrected chi connectivity index (χ1v) is 7.35. The van der Waals surface area contributed by atoms with E-state index in [1.807, 2.05) is 42.1 Å². The summed E-state index contributed by atoms with van der Waals surface area (Å²) in [5.41, 5.74) is 2.07. The molecule has 1 aliphatic rings. The van der Waals surface area contributed by atoms with Gasteiger partial charge in [0.2, 0.25) is 5.89 Å². The highest BCUT2D eigenvalue weighted by Crippen LogP contribution is 2.21. The van der Waals surface area contributed by atoms with E-state index < -0.39 is 0 Å². The van der Waals surface area contributed by atoms with Crippen LogP contribution in [-0.4, -0.2) is 23.8 Å². The molecule has 0 amide bonds. The summed E-state index contributed by atoms with van der Waals surface area (Å²) in [6, 6.07) is 10.0. The van der Waals surface area contributed by atoms with Crippen molar-refractivity contribution in [3.8, 4) is 11.5 Å². The van der Waals surface area contributed by atoms with Gasteiger partial charge in [0.25, 0.3) is 0 Å². The van der Waals surface area contributed by atoms with E-state index in [1.54, 1.807) is 6.26 Å². The molecule has 1 saturated heterocycles. The number of rotatable bonds is 5. The van der Waals surface area contributed by atoms with Crippen molar-refractivity contribution in [1.29, 1.82) is 0 Å². The van der Waals surface area contributed by atoms with Crippen molar-refractivity contribution in [2.75, 3.05) is 18.8 Å². The molecule has 94 valence electrons. The summed E-state index contributed by atoms with van der Waals surface area (Å²) in [6.07, 6.45) is 1.77. The molecule has 0 bridgehead atoms. The first-order chi connectivity index (χ1) is 8.92. The normalized spacial score (nSPS) is 15.6. The van der Waals surface area contributed by atoms with Gasteiger partial charge in [0, 0.05) is 11.3 Å². The average molecular weight is 260 g/mol. The number of thioether (sulfide) groups is 1. The van der Waals surface area contributed by atoms with Crippen LogP contribution in [0.4, 0.5) is 0 Å². The van der Waals surface area contributed by atoms with Gasteiger partial charge in [-0.25, -0.2) is 4.98 Å². The Bertz CT molecular complexity index is 494. The van der Waals surface area contributed by atoms with Gasteiger partial charge in [-0.05, 0) is 36.9 Å². The fourth-order valence-corrected chi connectivity index (χ4v) is 2.91. The van der Waals surface area contributed by atoms with Crippen molar-refractivity contribution in [1.82, 2.24) is 10.3 Å². The number of nitrogens with one attached hydrogen (secondary N) is 1. The highest BCUT2D eigenvalue weighted by Gasteiger charge is 2.16. The summed E-state index contributed by atoms with van der Waals surface area (Å²) in [4.78, 5) is 4.52. The van der Waals surface area contributed by atoms with Crippen molar-refractivity contribution < 1.29 is 4.42 Å². The van der Waals surface area contributed by atoms with Gasteiger partial charge in [0.15, 0.2) is 0 Å². The van der Waals surface area contributed by atoms with Crippen LogP contribution < -0.4 is 5.32 Å². The highest BCUT2D eigenvalue weighted by molar-refractivity contribution is 7.98. The molecule has 3 nitrogen and oxygen atoms in total. The van der Waals surface area contributed by atoms with Crippen LogP contribution in [0.1, 0.15) is 5.69 Å². The molecule has 0 atom stereocenters. The van der Waals surface area contributed by atoms with Crippen LogP contribution in [0.15, 0.2) is 41.0 Å². The second kappa shape index (κ2) is 5.59. The Morgan fingerprint density at radius 2 is 2.11 bits per heavy atom. The number of hydrogen-bond donors (Lipinski definition) is 1. The second-order valence-corrected chi connectivity index (χ2v) is 5.58. The summed E-state index contributed by atoms with van der Waals surface area (Å²) in [5.74, 6) is 3.71. The maximum absolute atomic E-state index is 5.51. The van der Waals surface area contributed by atoms with Gasteiger partial charge in [0.05, 0.1) is 5.69 Å². The van der Waals surface area contributed by atoms with Gasteiger partial charge in [0.1, 0.15) is 6.26 Å². The lowest BCUT2D eigenvalue weighted by atomic mass is 10.1. The van der Waals surface area contributed by atoms with E-state index in [0.717, 1.165) is 28.8 Å². The molecule has 1 aromatic heterocycles. The third-order valence-electron chi connectivity index (χ3n) is 3.04. The van der Waals surface area contributed by atoms with Gasteiger partial charge >= 0.3 is 0 Å². The van der Waals surface area contributed by atoms with Gasteiger partial charge in [-0.1, -0.05) is 18.2 Å². The van der Waals surface area contributed by atoms with Crippen molar-refractivity contribution in [3.63, 3.8) is 0 Å². The molecule has 3 rings (SSSR count). The van der Waals surface area contributed by atoms with Crippen LogP contribution in [0.3, 0.4) is 0 Å². The number of aromatic nitrogens is 1. The topological polar surface area (TPSA) is 38.1 Å². The first kappa shape index (κ1) is 11.8. The van der Waals surface area contributed by atoms with Gasteiger partial charge in [-0.15, -0.1) is 0 Å². The number of benzene rings is 1. The zero-order chi connectivity index (χ0) is 12.2. The van der Waals surface area contributed by atoms with E-state index in [0.29, 0.717) is 0 Å². The minimum atomic E-state index is 0.719. The van der Waals surface area contributed by atoms with E-state index in [9.17, 15) is 0 Å². The molecule has 1 aliphatic heterocycles. The van der Waals surface area contributed by atoms with E-state index in [2.05, 4.69) is 10.3 Å². The Morgan fingerprint density at radius 1 is 1.28 bits per heavy atom. The zero-order valence-electron chi connectivity index (χ0n) is 10.1. The Morgan fingerprint density at radius 3 is 2.83 bits per heavy atom. The maximum Gasteiger partial charge on any atom is 0.226 e. The lowest BCUT2D eigenvalue weighted by Crippen LogP contribution is -2.43. The third kappa shape index (κ3) is 2.76. The monoisotopic (exact) mass is 260 g/mol. The van der Waals surface area contributed by atoms with Crippen LogP contribution in [0, 0.1) is 5.92 Å². The fraction of sp³-hybridized carbons (Fsp3) is 0.357. The van der Waals surface area contributed by atoms with E-state index in [4.69, 9.17) is 4.42 Å². The third-order valence-corrected chi connectivity index (χ3v) is 4.25. The molecule has 2 aromatic rings. The largest absolute Gasteiger partial charge is 0.444 e. The van der Waals surface area contributed by atoms with Crippen LogP contribution in [-0.2, 0) is 5.75 Å². The smallest absolute Gasteiger partial charge is 0.226 e. The highest BCUT2D eigenvalue weighted by atomic mass is 32.2. The first-order valence-electron chi connectivity index (χ1n) is 6.20. The molecule has 4 heteroatoms. The standard InChI is InChI=1S/C14H16N2OS/c1-2-4-12(5-3-1)14-16-13(8-17-14)10-18-9-11-6-15-7-11/h1-5,8,11,15H,6-7,9-10H2.